The van der Waals surface area contributed by atoms with Gasteiger partial charge in [-0.15, -0.1) is 0 Å². The molecule has 1 N–H and O–H groups in total. The number of Topliss-reactive ketones (excluding diaryl/α,β-unsaturated/α-hetero) is 1. The van der Waals surface area contributed by atoms with Crippen molar-refractivity contribution in [2.45, 2.75) is 59.1 Å². The van der Waals surface area contributed by atoms with Gasteiger partial charge in [-0.25, -0.2) is 0 Å². The number of carbonyl (C=O) groups excluding carboxylic acids is 2. The van der Waals surface area contributed by atoms with Crippen LogP contribution in [0.25, 0.3) is 11.1 Å². The summed E-state index contributed by atoms with van der Waals surface area (Å²) in [5, 5.41) is 9.38. The molecule has 0 radical (unpaired) electrons. The lowest BCUT2D eigenvalue weighted by Gasteiger charge is -2.34. The predicted molar refractivity (Wildman–Crippen MR) is 142 cm³/mol. The minimum absolute atomic E-state index is 0.0443. The number of pyridine rings is 1. The third-order valence-corrected chi connectivity index (χ3v) is 7.50. The lowest BCUT2D eigenvalue weighted by molar-refractivity contribution is -0.117. The van der Waals surface area contributed by atoms with Gasteiger partial charge in [0.1, 0.15) is 0 Å². The average molecular weight is 489 g/mol. The van der Waals surface area contributed by atoms with Gasteiger partial charge in [0.2, 0.25) is 0 Å². The van der Waals surface area contributed by atoms with E-state index in [-0.39, 0.29) is 24.1 Å². The largest absolute Gasteiger partial charge is 0.390 e. The van der Waals surface area contributed by atoms with Crippen LogP contribution in [0.4, 0.5) is 5.69 Å². The van der Waals surface area contributed by atoms with E-state index < -0.39 is 0 Å². The molecule has 36 heavy (non-hydrogen) atoms. The van der Waals surface area contributed by atoms with Crippen LogP contribution >= 0.6 is 0 Å². The van der Waals surface area contributed by atoms with Gasteiger partial charge in [0.15, 0.2) is 11.6 Å². The minimum atomic E-state index is -0.235. The predicted octanol–water partition coefficient (Wildman–Crippen LogP) is 5.22. The zero-order valence-corrected chi connectivity index (χ0v) is 21.7. The molecule has 6 heteroatoms. The molecule has 2 heterocycles. The zero-order chi connectivity index (χ0) is 25.8. The van der Waals surface area contributed by atoms with E-state index >= 15 is 0 Å². The van der Waals surface area contributed by atoms with Crippen molar-refractivity contribution in [2.24, 2.45) is 5.92 Å². The normalized spacial score (nSPS) is 18.6. The molecule has 1 unspecified atom stereocenters. The van der Waals surface area contributed by atoms with Gasteiger partial charge >= 0.3 is 0 Å². The van der Waals surface area contributed by atoms with Gasteiger partial charge in [0, 0.05) is 61.7 Å². The van der Waals surface area contributed by atoms with Crippen molar-refractivity contribution < 1.29 is 19.4 Å². The molecule has 1 aromatic heterocycles. The highest BCUT2D eigenvalue weighted by Crippen LogP contribution is 2.34. The number of ether oxygens (including phenoxy) is 1. The van der Waals surface area contributed by atoms with Crippen molar-refractivity contribution in [3.05, 3.63) is 70.6 Å². The Labute approximate surface area is 213 Å². The van der Waals surface area contributed by atoms with Crippen molar-refractivity contribution in [3.8, 4) is 11.1 Å². The summed E-state index contributed by atoms with van der Waals surface area (Å²) in [5.41, 5.74) is 7.06. The van der Waals surface area contributed by atoms with Crippen LogP contribution in [0, 0.1) is 12.8 Å². The minimum Gasteiger partial charge on any atom is -0.390 e. The van der Waals surface area contributed by atoms with Crippen LogP contribution in [0.15, 0.2) is 53.8 Å². The molecule has 2 aromatic rings. The van der Waals surface area contributed by atoms with E-state index in [4.69, 9.17) is 4.74 Å². The van der Waals surface area contributed by atoms with Gasteiger partial charge in [-0.3, -0.25) is 14.6 Å². The molecule has 1 fully saturated rings. The summed E-state index contributed by atoms with van der Waals surface area (Å²) in [6.45, 7) is 7.27. The molecule has 1 saturated heterocycles. The number of ketones is 2. The fourth-order valence-electron chi connectivity index (χ4n) is 5.31. The summed E-state index contributed by atoms with van der Waals surface area (Å²) in [6.07, 6.45) is 8.15. The fraction of sp³-hybridized carbons (Fsp3) is 0.433. The topological polar surface area (TPSA) is 79.7 Å². The summed E-state index contributed by atoms with van der Waals surface area (Å²) >= 11 is 0. The number of benzene rings is 1. The molecule has 0 spiro atoms. The van der Waals surface area contributed by atoms with Crippen LogP contribution in [-0.4, -0.2) is 48.0 Å². The number of hydrogen-bond acceptors (Lipinski definition) is 6. The molecule has 6 nitrogen and oxygen atoms in total. The molecule has 1 aliphatic carbocycles. The number of hydrogen-bond donors (Lipinski definition) is 1. The van der Waals surface area contributed by atoms with Crippen LogP contribution in [0.2, 0.25) is 0 Å². The maximum atomic E-state index is 13.6. The Morgan fingerprint density at radius 3 is 2.50 bits per heavy atom. The van der Waals surface area contributed by atoms with Crippen LogP contribution < -0.4 is 4.90 Å². The Morgan fingerprint density at radius 2 is 1.86 bits per heavy atom. The maximum Gasteiger partial charge on any atom is 0.163 e. The zero-order valence-electron chi connectivity index (χ0n) is 21.7. The molecule has 0 bridgehead atoms. The van der Waals surface area contributed by atoms with Crippen molar-refractivity contribution >= 4 is 17.3 Å². The number of anilines is 1. The quantitative estimate of drug-likeness (QED) is 0.513. The van der Waals surface area contributed by atoms with Crippen LogP contribution in [-0.2, 0) is 16.1 Å². The van der Waals surface area contributed by atoms with E-state index in [2.05, 4.69) is 23.0 Å². The second-order valence-corrected chi connectivity index (χ2v) is 10.0. The van der Waals surface area contributed by atoms with Crippen molar-refractivity contribution in [1.82, 2.24) is 4.98 Å². The van der Waals surface area contributed by atoms with Gasteiger partial charge in [-0.2, -0.15) is 0 Å². The van der Waals surface area contributed by atoms with Gasteiger partial charge in [-0.05, 0) is 81.0 Å². The lowest BCUT2D eigenvalue weighted by atomic mass is 9.84. The molecule has 0 saturated carbocycles. The first-order chi connectivity index (χ1) is 17.3. The Hall–Kier alpha value is -3.09. The number of nitrogens with zero attached hydrogens (tertiary/aromatic N) is 2. The van der Waals surface area contributed by atoms with Crippen molar-refractivity contribution in [3.63, 3.8) is 0 Å². The molecular weight excluding hydrogens is 452 g/mol. The number of aliphatic hydroxyl groups excluding tert-OH is 1. The third-order valence-electron chi connectivity index (χ3n) is 7.50. The average Bonchev–Trinajstić information content (AvgIpc) is 2.88. The highest BCUT2D eigenvalue weighted by molar-refractivity contribution is 6.01. The van der Waals surface area contributed by atoms with Crippen LogP contribution in [0.1, 0.15) is 61.1 Å². The van der Waals surface area contributed by atoms with E-state index in [0.717, 1.165) is 59.6 Å². The molecule has 190 valence electrons. The number of carbonyl (C=O) groups is 2. The first-order valence-electron chi connectivity index (χ1n) is 12.7. The maximum absolute atomic E-state index is 13.6. The summed E-state index contributed by atoms with van der Waals surface area (Å²) in [6, 6.07) is 8.15. The fourth-order valence-corrected chi connectivity index (χ4v) is 5.31. The van der Waals surface area contributed by atoms with Gasteiger partial charge in [0.05, 0.1) is 12.3 Å². The van der Waals surface area contributed by atoms with E-state index in [9.17, 15) is 14.7 Å². The second kappa shape index (κ2) is 11.3. The first kappa shape index (κ1) is 26.0. The Kier molecular flexibility index (Phi) is 8.17. The van der Waals surface area contributed by atoms with Gasteiger partial charge in [0.25, 0.3) is 0 Å². The van der Waals surface area contributed by atoms with Gasteiger partial charge in [-0.1, -0.05) is 17.7 Å². The van der Waals surface area contributed by atoms with Gasteiger partial charge < -0.3 is 14.7 Å². The summed E-state index contributed by atoms with van der Waals surface area (Å²) < 4.78 is 5.56. The van der Waals surface area contributed by atoms with Crippen LogP contribution in [0.3, 0.4) is 0 Å². The molecular formula is C30H36N2O4. The van der Waals surface area contributed by atoms with Crippen LogP contribution in [0.5, 0.6) is 0 Å². The highest BCUT2D eigenvalue weighted by atomic mass is 16.5. The number of rotatable bonds is 8. The number of aliphatic hydroxyl groups is 1. The van der Waals surface area contributed by atoms with E-state index in [0.29, 0.717) is 30.1 Å². The SMILES string of the molecule is CC1=CC(=O)C(CCC(=O)c2cc(-c3ccc(CO)nc3)cc(N(C)C3CCOCC3)c2C)C(C)=C1. The number of aromatic nitrogens is 1. The molecule has 2 aliphatic rings. The highest BCUT2D eigenvalue weighted by Gasteiger charge is 2.26. The molecule has 1 aromatic carbocycles. The second-order valence-electron chi connectivity index (χ2n) is 10.0. The molecule has 1 aliphatic heterocycles. The van der Waals surface area contributed by atoms with E-state index in [1.54, 1.807) is 18.3 Å². The Morgan fingerprint density at radius 1 is 1.11 bits per heavy atom. The van der Waals surface area contributed by atoms with E-state index in [1.807, 2.05) is 39.0 Å². The first-order valence-corrected chi connectivity index (χ1v) is 12.7. The van der Waals surface area contributed by atoms with Crippen molar-refractivity contribution in [1.29, 1.82) is 0 Å². The third kappa shape index (κ3) is 5.66. The Bertz CT molecular complexity index is 1190. The monoisotopic (exact) mass is 488 g/mol. The Balaban J connectivity index is 1.66. The summed E-state index contributed by atoms with van der Waals surface area (Å²) in [4.78, 5) is 32.8. The smallest absolute Gasteiger partial charge is 0.163 e. The van der Waals surface area contributed by atoms with E-state index in [1.165, 1.54) is 0 Å². The standard InChI is InChI=1S/C30H36N2O4/c1-19-13-20(2)26(30(35)14-19)7-8-29(34)27-15-23(22-5-6-24(18-33)31-17-22)16-28(21(27)3)32(4)25-9-11-36-12-10-25/h5-6,13-17,25-26,33H,7-12,18H2,1-4H3. The van der Waals surface area contributed by atoms with Crippen molar-refractivity contribution in [2.75, 3.05) is 25.2 Å². The summed E-state index contributed by atoms with van der Waals surface area (Å²) in [5.74, 6) is -0.107. The molecule has 4 rings (SSSR count). The number of allylic oxidation sites excluding steroid dienone is 4. The summed E-state index contributed by atoms with van der Waals surface area (Å²) in [7, 11) is 2.09. The lowest BCUT2D eigenvalue weighted by Crippen LogP contribution is -2.37. The molecule has 0 amide bonds. The molecule has 1 atom stereocenters.